The molecule has 92 valence electrons. The normalized spacial score (nSPS) is 10.0. The molecule has 1 N–H and O–H groups in total. The Kier molecular flexibility index (Phi) is 4.56. The van der Waals surface area contributed by atoms with Gasteiger partial charge in [0.15, 0.2) is 0 Å². The van der Waals surface area contributed by atoms with E-state index in [0.717, 1.165) is 11.0 Å². The summed E-state index contributed by atoms with van der Waals surface area (Å²) < 4.78 is 12.8. The summed E-state index contributed by atoms with van der Waals surface area (Å²) >= 11 is 0. The van der Waals surface area contributed by atoms with Gasteiger partial charge in [-0.3, -0.25) is 9.59 Å². The van der Waals surface area contributed by atoms with Gasteiger partial charge in [-0.1, -0.05) is 13.0 Å². The third kappa shape index (κ3) is 3.82. The summed E-state index contributed by atoms with van der Waals surface area (Å²) in [6.45, 7) is 1.70. The molecule has 0 saturated carbocycles. The first-order valence-electron chi connectivity index (χ1n) is 5.18. The Hall–Kier alpha value is -1.98. The first-order valence-corrected chi connectivity index (χ1v) is 5.18. The zero-order valence-electron chi connectivity index (χ0n) is 9.39. The van der Waals surface area contributed by atoms with E-state index in [4.69, 9.17) is 5.11 Å². The van der Waals surface area contributed by atoms with E-state index in [1.807, 2.05) is 6.92 Å². The Morgan fingerprint density at radius 1 is 1.47 bits per heavy atom. The molecule has 0 aliphatic carbocycles. The lowest BCUT2D eigenvalue weighted by molar-refractivity contribution is -0.137. The lowest BCUT2D eigenvalue weighted by Crippen LogP contribution is -2.36. The molecule has 17 heavy (non-hydrogen) atoms. The molecule has 1 aromatic rings. The van der Waals surface area contributed by atoms with Gasteiger partial charge >= 0.3 is 5.97 Å². The van der Waals surface area contributed by atoms with E-state index in [9.17, 15) is 14.0 Å². The second-order valence-electron chi connectivity index (χ2n) is 3.47. The molecule has 0 atom stereocenters. The molecule has 6 heteroatoms. The maximum atomic E-state index is 12.8. The molecule has 0 bridgehead atoms. The summed E-state index contributed by atoms with van der Waals surface area (Å²) in [4.78, 5) is 27.0. The lowest BCUT2D eigenvalue weighted by atomic mass is 10.3. The molecule has 0 spiro atoms. The highest BCUT2D eigenvalue weighted by molar-refractivity contribution is 5.94. The maximum absolute atomic E-state index is 12.8. The standard InChI is InChI=1S/C11H13FN2O3/c1-2-6-14(7-10(15)16)11(17)8-4-3-5-9(12)13-8/h3-5H,2,6-7H2,1H3,(H,15,16). The number of hydrogen-bond donors (Lipinski definition) is 1. The summed E-state index contributed by atoms with van der Waals surface area (Å²) in [6.07, 6.45) is 0.619. The molecule has 0 fully saturated rings. The van der Waals surface area contributed by atoms with E-state index in [1.165, 1.54) is 12.1 Å². The molecule has 0 radical (unpaired) electrons. The molecule has 1 heterocycles. The minimum absolute atomic E-state index is 0.0836. The van der Waals surface area contributed by atoms with Crippen LogP contribution in [0.3, 0.4) is 0 Å². The average molecular weight is 240 g/mol. The average Bonchev–Trinajstić information content (AvgIpc) is 2.27. The fourth-order valence-electron chi connectivity index (χ4n) is 1.37. The number of carbonyl (C=O) groups is 2. The van der Waals surface area contributed by atoms with Gasteiger partial charge in [-0.2, -0.15) is 4.39 Å². The number of carbonyl (C=O) groups excluding carboxylic acids is 1. The van der Waals surface area contributed by atoms with E-state index in [0.29, 0.717) is 13.0 Å². The Morgan fingerprint density at radius 3 is 2.71 bits per heavy atom. The van der Waals surface area contributed by atoms with Crippen molar-refractivity contribution in [2.45, 2.75) is 13.3 Å². The van der Waals surface area contributed by atoms with Crippen molar-refractivity contribution in [3.05, 3.63) is 29.8 Å². The van der Waals surface area contributed by atoms with Crippen molar-refractivity contribution in [3.63, 3.8) is 0 Å². The first kappa shape index (κ1) is 13.1. The van der Waals surface area contributed by atoms with Crippen LogP contribution in [0.1, 0.15) is 23.8 Å². The smallest absolute Gasteiger partial charge is 0.323 e. The quantitative estimate of drug-likeness (QED) is 0.784. The van der Waals surface area contributed by atoms with Gasteiger partial charge in [-0.15, -0.1) is 0 Å². The molecule has 1 rings (SSSR count). The topological polar surface area (TPSA) is 70.5 Å². The number of pyridine rings is 1. The molecule has 0 aliphatic heterocycles. The minimum atomic E-state index is -1.11. The fraction of sp³-hybridized carbons (Fsp3) is 0.364. The van der Waals surface area contributed by atoms with Crippen LogP contribution in [0.2, 0.25) is 0 Å². The van der Waals surface area contributed by atoms with Gasteiger partial charge in [0.25, 0.3) is 5.91 Å². The predicted octanol–water partition coefficient (Wildman–Crippen LogP) is 1.16. The van der Waals surface area contributed by atoms with Crippen molar-refractivity contribution in [1.82, 2.24) is 9.88 Å². The SMILES string of the molecule is CCCN(CC(=O)O)C(=O)c1cccc(F)n1. The molecule has 0 aromatic carbocycles. The zero-order valence-corrected chi connectivity index (χ0v) is 9.39. The largest absolute Gasteiger partial charge is 0.480 e. The molecule has 0 aliphatic rings. The highest BCUT2D eigenvalue weighted by Gasteiger charge is 2.19. The number of nitrogens with zero attached hydrogens (tertiary/aromatic N) is 2. The van der Waals surface area contributed by atoms with E-state index >= 15 is 0 Å². The second kappa shape index (κ2) is 5.93. The molecule has 1 aromatic heterocycles. The molecule has 0 unspecified atom stereocenters. The Labute approximate surface area is 97.9 Å². The van der Waals surface area contributed by atoms with Crippen LogP contribution in [-0.4, -0.2) is 40.0 Å². The third-order valence-electron chi connectivity index (χ3n) is 2.04. The van der Waals surface area contributed by atoms with Gasteiger partial charge in [-0.05, 0) is 18.6 Å². The van der Waals surface area contributed by atoms with Gasteiger partial charge in [-0.25, -0.2) is 4.98 Å². The van der Waals surface area contributed by atoms with Gasteiger partial charge < -0.3 is 10.0 Å². The number of aromatic nitrogens is 1. The monoisotopic (exact) mass is 240 g/mol. The number of carboxylic acids is 1. The van der Waals surface area contributed by atoms with Crippen LogP contribution in [0.15, 0.2) is 18.2 Å². The van der Waals surface area contributed by atoms with E-state index in [1.54, 1.807) is 0 Å². The number of amides is 1. The Balaban J connectivity index is 2.87. The molecule has 5 nitrogen and oxygen atoms in total. The summed E-state index contributed by atoms with van der Waals surface area (Å²) in [5, 5.41) is 8.67. The Bertz CT molecular complexity index is 423. The van der Waals surface area contributed by atoms with Crippen LogP contribution >= 0.6 is 0 Å². The van der Waals surface area contributed by atoms with Crippen molar-refractivity contribution in [1.29, 1.82) is 0 Å². The lowest BCUT2D eigenvalue weighted by Gasteiger charge is -2.19. The molecule has 0 saturated heterocycles. The predicted molar refractivity (Wildman–Crippen MR) is 58.0 cm³/mol. The van der Waals surface area contributed by atoms with Crippen molar-refractivity contribution in [3.8, 4) is 0 Å². The van der Waals surface area contributed by atoms with Crippen LogP contribution in [0.25, 0.3) is 0 Å². The highest BCUT2D eigenvalue weighted by Crippen LogP contribution is 2.04. The number of aliphatic carboxylic acids is 1. The summed E-state index contributed by atoms with van der Waals surface area (Å²) in [5.41, 5.74) is -0.0836. The molecule has 1 amide bonds. The third-order valence-corrected chi connectivity index (χ3v) is 2.04. The van der Waals surface area contributed by atoms with Gasteiger partial charge in [0.05, 0.1) is 0 Å². The summed E-state index contributed by atoms with van der Waals surface area (Å²) in [7, 11) is 0. The van der Waals surface area contributed by atoms with E-state index in [-0.39, 0.29) is 5.69 Å². The molecular formula is C11H13FN2O3. The highest BCUT2D eigenvalue weighted by atomic mass is 19.1. The van der Waals surface area contributed by atoms with Crippen LogP contribution in [0, 0.1) is 5.95 Å². The fourth-order valence-corrected chi connectivity index (χ4v) is 1.37. The van der Waals surface area contributed by atoms with E-state index in [2.05, 4.69) is 4.98 Å². The maximum Gasteiger partial charge on any atom is 0.323 e. The van der Waals surface area contributed by atoms with Gasteiger partial charge in [0, 0.05) is 6.54 Å². The summed E-state index contributed by atoms with van der Waals surface area (Å²) in [5.74, 6) is -2.44. The number of halogens is 1. The van der Waals surface area contributed by atoms with Crippen LogP contribution < -0.4 is 0 Å². The van der Waals surface area contributed by atoms with Crippen molar-refractivity contribution < 1.29 is 19.1 Å². The van der Waals surface area contributed by atoms with Crippen molar-refractivity contribution >= 4 is 11.9 Å². The van der Waals surface area contributed by atoms with Crippen molar-refractivity contribution in [2.75, 3.05) is 13.1 Å². The van der Waals surface area contributed by atoms with Gasteiger partial charge in [0.2, 0.25) is 5.95 Å². The van der Waals surface area contributed by atoms with E-state index < -0.39 is 24.4 Å². The number of rotatable bonds is 5. The van der Waals surface area contributed by atoms with Crippen molar-refractivity contribution in [2.24, 2.45) is 0 Å². The Morgan fingerprint density at radius 2 is 2.18 bits per heavy atom. The number of carboxylic acid groups (broad SMARTS) is 1. The van der Waals surface area contributed by atoms with Crippen LogP contribution in [-0.2, 0) is 4.79 Å². The van der Waals surface area contributed by atoms with Crippen LogP contribution in [0.4, 0.5) is 4.39 Å². The zero-order chi connectivity index (χ0) is 12.8. The minimum Gasteiger partial charge on any atom is -0.480 e. The first-order chi connectivity index (χ1) is 8.04. The number of hydrogen-bond acceptors (Lipinski definition) is 3. The van der Waals surface area contributed by atoms with Crippen LogP contribution in [0.5, 0.6) is 0 Å². The molecular weight excluding hydrogens is 227 g/mol. The second-order valence-corrected chi connectivity index (χ2v) is 3.47. The van der Waals surface area contributed by atoms with Gasteiger partial charge in [0.1, 0.15) is 12.2 Å². The summed E-state index contributed by atoms with van der Waals surface area (Å²) in [6, 6.07) is 3.84.